The molecule has 0 bridgehead atoms. The van der Waals surface area contributed by atoms with Crippen LogP contribution >= 0.6 is 11.8 Å². The number of nitrogens with one attached hydrogen (secondary N) is 1. The smallest absolute Gasteiger partial charge is 0.355 e. The molecule has 1 saturated heterocycles. The maximum absolute atomic E-state index is 12.9. The second-order valence-electron chi connectivity index (χ2n) is 6.95. The van der Waals surface area contributed by atoms with E-state index < -0.39 is 28.7 Å². The Morgan fingerprint density at radius 1 is 1.26 bits per heavy atom. The number of amides is 2. The van der Waals surface area contributed by atoms with Gasteiger partial charge in [0.1, 0.15) is 42.0 Å². The van der Waals surface area contributed by atoms with Gasteiger partial charge in [0.05, 0.1) is 0 Å². The lowest BCUT2D eigenvalue weighted by Crippen LogP contribution is -2.71. The topological polar surface area (TPSA) is 129 Å². The molecule has 4 rings (SSSR count). The molecule has 0 aliphatic carbocycles. The number of thioether (sulfide) groups is 1. The van der Waals surface area contributed by atoms with E-state index in [9.17, 15) is 14.4 Å². The number of fused-ring (bicyclic) bond motifs is 1. The maximum atomic E-state index is 12.9. The summed E-state index contributed by atoms with van der Waals surface area (Å²) in [4.78, 5) is 39.3. The van der Waals surface area contributed by atoms with Crippen molar-refractivity contribution < 1.29 is 23.9 Å². The van der Waals surface area contributed by atoms with Crippen molar-refractivity contribution >= 4 is 29.5 Å². The number of esters is 1. The van der Waals surface area contributed by atoms with Crippen LogP contribution < -0.4 is 5.32 Å². The number of ether oxygens (including phenoxy) is 2. The molecule has 2 aliphatic rings. The van der Waals surface area contributed by atoms with Gasteiger partial charge in [-0.05, 0) is 28.5 Å². The van der Waals surface area contributed by atoms with E-state index in [2.05, 4.69) is 20.8 Å². The molecule has 1 fully saturated rings. The van der Waals surface area contributed by atoms with Crippen molar-refractivity contribution in [1.82, 2.24) is 30.4 Å². The van der Waals surface area contributed by atoms with Crippen molar-refractivity contribution in [2.75, 3.05) is 7.11 Å². The summed E-state index contributed by atoms with van der Waals surface area (Å²) in [6.45, 7) is 1.69. The number of carbonyl (C=O) groups is 3. The monoisotopic (exact) mass is 444 g/mol. The zero-order valence-electron chi connectivity index (χ0n) is 16.8. The molecule has 11 nitrogen and oxygen atoms in total. The SMILES string of the molecule is CO[C@H]1S[C@H]2[C@@H](NC(=O)Cn3cnnn3)C(=O)N2C(C(=O)OCc2ccccc2)=C1C. The lowest BCUT2D eigenvalue weighted by atomic mass is 10.0. The lowest BCUT2D eigenvalue weighted by Gasteiger charge is -2.51. The fourth-order valence-corrected chi connectivity index (χ4v) is 4.76. The third kappa shape index (κ3) is 4.16. The molecule has 31 heavy (non-hydrogen) atoms. The van der Waals surface area contributed by atoms with Gasteiger partial charge in [-0.3, -0.25) is 14.5 Å². The average molecular weight is 444 g/mol. The van der Waals surface area contributed by atoms with Crippen LogP contribution in [0.1, 0.15) is 12.5 Å². The van der Waals surface area contributed by atoms with Crippen molar-refractivity contribution in [3.63, 3.8) is 0 Å². The Bertz CT molecular complexity index is 1010. The van der Waals surface area contributed by atoms with E-state index in [4.69, 9.17) is 9.47 Å². The van der Waals surface area contributed by atoms with Crippen LogP contribution in [0.25, 0.3) is 0 Å². The van der Waals surface area contributed by atoms with Gasteiger partial charge >= 0.3 is 5.97 Å². The van der Waals surface area contributed by atoms with Crippen LogP contribution in [0.5, 0.6) is 0 Å². The minimum atomic E-state index is -0.795. The Labute approximate surface area is 181 Å². The van der Waals surface area contributed by atoms with Crippen LogP contribution in [0.15, 0.2) is 47.9 Å². The van der Waals surface area contributed by atoms with Crippen LogP contribution in [0.4, 0.5) is 0 Å². The van der Waals surface area contributed by atoms with Crippen LogP contribution in [-0.2, 0) is 37.0 Å². The number of β-lactam (4-membered cyclic amide) rings is 1. The van der Waals surface area contributed by atoms with Gasteiger partial charge in [-0.25, -0.2) is 9.48 Å². The van der Waals surface area contributed by atoms with Gasteiger partial charge in [0.2, 0.25) is 5.91 Å². The number of aromatic nitrogens is 4. The first-order valence-electron chi connectivity index (χ1n) is 9.43. The summed E-state index contributed by atoms with van der Waals surface area (Å²) in [5.74, 6) is -1.41. The van der Waals surface area contributed by atoms with Crippen LogP contribution in [0.3, 0.4) is 0 Å². The molecule has 1 aromatic carbocycles. The fraction of sp³-hybridized carbons (Fsp3) is 0.368. The largest absolute Gasteiger partial charge is 0.456 e. The zero-order valence-corrected chi connectivity index (χ0v) is 17.6. The molecule has 1 N–H and O–H groups in total. The summed E-state index contributed by atoms with van der Waals surface area (Å²) >= 11 is 1.34. The highest BCUT2D eigenvalue weighted by atomic mass is 32.2. The predicted octanol–water partition coefficient (Wildman–Crippen LogP) is 0.0629. The van der Waals surface area contributed by atoms with Crippen molar-refractivity contribution in [2.45, 2.75) is 36.9 Å². The molecule has 0 radical (unpaired) electrons. The summed E-state index contributed by atoms with van der Waals surface area (Å²) < 4.78 is 12.2. The van der Waals surface area contributed by atoms with E-state index in [1.807, 2.05) is 30.3 Å². The molecule has 1 aromatic heterocycles. The number of hydrogen-bond donors (Lipinski definition) is 1. The summed E-state index contributed by atoms with van der Waals surface area (Å²) in [5.41, 5.74) is 1.13. The number of hydrogen-bond acceptors (Lipinski definition) is 9. The highest BCUT2D eigenvalue weighted by Crippen LogP contribution is 2.44. The van der Waals surface area contributed by atoms with Crippen molar-refractivity contribution in [3.8, 4) is 0 Å². The Balaban J connectivity index is 1.47. The van der Waals surface area contributed by atoms with Crippen LogP contribution in [-0.4, -0.2) is 66.9 Å². The average Bonchev–Trinajstić information content (AvgIpc) is 3.29. The van der Waals surface area contributed by atoms with Crippen molar-refractivity contribution in [2.24, 2.45) is 0 Å². The fourth-order valence-electron chi connectivity index (χ4n) is 3.41. The summed E-state index contributed by atoms with van der Waals surface area (Å²) in [6.07, 6.45) is 1.30. The van der Waals surface area contributed by atoms with Gasteiger partial charge in [-0.1, -0.05) is 42.1 Å². The minimum absolute atomic E-state index is 0.0834. The molecule has 2 aromatic rings. The van der Waals surface area contributed by atoms with E-state index in [1.165, 1.54) is 34.8 Å². The third-order valence-electron chi connectivity index (χ3n) is 4.91. The molecular weight excluding hydrogens is 424 g/mol. The Morgan fingerprint density at radius 2 is 2.03 bits per heavy atom. The molecule has 0 unspecified atom stereocenters. The number of tetrazole rings is 1. The van der Waals surface area contributed by atoms with Gasteiger partial charge in [0, 0.05) is 7.11 Å². The first-order valence-corrected chi connectivity index (χ1v) is 10.4. The van der Waals surface area contributed by atoms with Gasteiger partial charge in [0.15, 0.2) is 0 Å². The number of methoxy groups -OCH3 is 1. The van der Waals surface area contributed by atoms with Crippen LogP contribution in [0.2, 0.25) is 0 Å². The number of rotatable bonds is 7. The van der Waals surface area contributed by atoms with E-state index in [0.717, 1.165) is 5.56 Å². The maximum Gasteiger partial charge on any atom is 0.355 e. The normalized spacial score (nSPS) is 22.6. The second-order valence-corrected chi connectivity index (χ2v) is 8.13. The van der Waals surface area contributed by atoms with E-state index >= 15 is 0 Å². The standard InChI is InChI=1S/C19H20N6O5S/c1-11-15(18(28)30-9-12-6-4-3-5-7-12)25-16(27)14(17(25)31-19(11)29-2)21-13(26)8-24-10-20-22-23-24/h3-7,10,14,17,19H,8-9H2,1-2H3,(H,21,26)/t14-,17-,19-/m0/s1. The van der Waals surface area contributed by atoms with Gasteiger partial charge in [-0.2, -0.15) is 0 Å². The minimum Gasteiger partial charge on any atom is -0.456 e. The van der Waals surface area contributed by atoms with Gasteiger partial charge in [0.25, 0.3) is 5.91 Å². The Morgan fingerprint density at radius 3 is 2.71 bits per heavy atom. The molecule has 162 valence electrons. The molecule has 2 aliphatic heterocycles. The Hall–Kier alpha value is -3.25. The zero-order chi connectivity index (χ0) is 22.0. The summed E-state index contributed by atoms with van der Waals surface area (Å²) in [5, 5.41) is 12.8. The number of carbonyl (C=O) groups excluding carboxylic acids is 3. The molecule has 12 heteroatoms. The van der Waals surface area contributed by atoms with Gasteiger partial charge < -0.3 is 14.8 Å². The molecule has 0 spiro atoms. The van der Waals surface area contributed by atoms with Crippen LogP contribution in [0, 0.1) is 0 Å². The summed E-state index contributed by atoms with van der Waals surface area (Å²) in [6, 6.07) is 8.47. The molecule has 3 atom stereocenters. The number of nitrogens with zero attached hydrogens (tertiary/aromatic N) is 5. The molecular formula is C19H20N6O5S. The summed E-state index contributed by atoms with van der Waals surface area (Å²) in [7, 11) is 1.52. The first-order chi connectivity index (χ1) is 15.0. The predicted molar refractivity (Wildman–Crippen MR) is 108 cm³/mol. The lowest BCUT2D eigenvalue weighted by molar-refractivity contribution is -0.153. The second kappa shape index (κ2) is 8.86. The Kier molecular flexibility index (Phi) is 6.00. The molecule has 0 saturated carbocycles. The third-order valence-corrected chi connectivity index (χ3v) is 6.46. The van der Waals surface area contributed by atoms with Crippen molar-refractivity contribution in [3.05, 3.63) is 53.5 Å². The molecule has 2 amide bonds. The van der Waals surface area contributed by atoms with E-state index in [1.54, 1.807) is 6.92 Å². The quantitative estimate of drug-likeness (QED) is 0.466. The van der Waals surface area contributed by atoms with Gasteiger partial charge in [-0.15, -0.1) is 5.10 Å². The van der Waals surface area contributed by atoms with E-state index in [-0.39, 0.29) is 24.8 Å². The highest BCUT2D eigenvalue weighted by molar-refractivity contribution is 8.00. The van der Waals surface area contributed by atoms with E-state index in [0.29, 0.717) is 5.57 Å². The highest BCUT2D eigenvalue weighted by Gasteiger charge is 2.56. The molecule has 3 heterocycles. The first kappa shape index (κ1) is 21.0. The number of benzene rings is 1. The van der Waals surface area contributed by atoms with Crippen molar-refractivity contribution in [1.29, 1.82) is 0 Å².